The van der Waals surface area contributed by atoms with Crippen LogP contribution in [0.3, 0.4) is 0 Å². The third-order valence-corrected chi connectivity index (χ3v) is 3.29. The Morgan fingerprint density at radius 1 is 1.14 bits per heavy atom. The highest BCUT2D eigenvalue weighted by atomic mass is 16.4. The minimum Gasteiger partial charge on any atom is -0.478 e. The Bertz CT molecular complexity index is 645. The molecule has 3 nitrogen and oxygen atoms in total. The molecular formula is C18H19NO2. The molecule has 2 aromatic rings. The van der Waals surface area contributed by atoms with Crippen molar-refractivity contribution in [2.45, 2.75) is 13.8 Å². The van der Waals surface area contributed by atoms with Crippen LogP contribution in [0.5, 0.6) is 0 Å². The summed E-state index contributed by atoms with van der Waals surface area (Å²) in [6.07, 6.45) is 2.80. The van der Waals surface area contributed by atoms with E-state index in [0.29, 0.717) is 0 Å². The molecule has 0 fully saturated rings. The van der Waals surface area contributed by atoms with Gasteiger partial charge in [-0.3, -0.25) is 0 Å². The third kappa shape index (κ3) is 3.72. The molecule has 108 valence electrons. The van der Waals surface area contributed by atoms with E-state index >= 15 is 0 Å². The molecule has 0 aliphatic rings. The zero-order valence-corrected chi connectivity index (χ0v) is 12.3. The van der Waals surface area contributed by atoms with Crippen LogP contribution in [0.1, 0.15) is 18.1 Å². The number of anilines is 2. The Kier molecular flexibility index (Phi) is 4.77. The van der Waals surface area contributed by atoms with E-state index in [-0.39, 0.29) is 0 Å². The topological polar surface area (TPSA) is 40.5 Å². The quantitative estimate of drug-likeness (QED) is 0.833. The molecule has 0 bridgehead atoms. The van der Waals surface area contributed by atoms with E-state index in [1.165, 1.54) is 11.6 Å². The molecule has 0 amide bonds. The highest BCUT2D eigenvalue weighted by Crippen LogP contribution is 2.29. The molecule has 0 saturated carbocycles. The lowest BCUT2D eigenvalue weighted by Crippen LogP contribution is -2.16. The normalized spacial score (nSPS) is 10.8. The van der Waals surface area contributed by atoms with Gasteiger partial charge in [0.15, 0.2) is 0 Å². The average molecular weight is 281 g/mol. The van der Waals surface area contributed by atoms with Crippen LogP contribution in [-0.4, -0.2) is 17.6 Å². The molecule has 0 saturated heterocycles. The van der Waals surface area contributed by atoms with Crippen LogP contribution in [0.2, 0.25) is 0 Å². The average Bonchev–Trinajstić information content (AvgIpc) is 2.49. The minimum absolute atomic E-state index is 0.807. The molecule has 0 aliphatic carbocycles. The Morgan fingerprint density at radius 2 is 1.81 bits per heavy atom. The summed E-state index contributed by atoms with van der Waals surface area (Å²) in [7, 11) is 0. The van der Waals surface area contributed by atoms with Crippen LogP contribution in [-0.2, 0) is 4.79 Å². The first-order chi connectivity index (χ1) is 10.1. The van der Waals surface area contributed by atoms with E-state index < -0.39 is 5.97 Å². The number of hydrogen-bond donors (Lipinski definition) is 1. The van der Waals surface area contributed by atoms with Crippen molar-refractivity contribution in [1.82, 2.24) is 0 Å². The zero-order chi connectivity index (χ0) is 15.2. The van der Waals surface area contributed by atoms with E-state index in [1.54, 1.807) is 6.08 Å². The molecule has 0 atom stereocenters. The highest BCUT2D eigenvalue weighted by molar-refractivity contribution is 5.87. The maximum Gasteiger partial charge on any atom is 0.328 e. The fourth-order valence-corrected chi connectivity index (χ4v) is 2.25. The Labute approximate surface area is 125 Å². The van der Waals surface area contributed by atoms with Gasteiger partial charge in [0.1, 0.15) is 0 Å². The first kappa shape index (κ1) is 14.9. The summed E-state index contributed by atoms with van der Waals surface area (Å²) in [5, 5.41) is 8.81. The lowest BCUT2D eigenvalue weighted by molar-refractivity contribution is -0.131. The first-order valence-electron chi connectivity index (χ1n) is 6.96. The molecule has 0 heterocycles. The van der Waals surface area contributed by atoms with Crippen LogP contribution in [0, 0.1) is 6.92 Å². The van der Waals surface area contributed by atoms with Crippen molar-refractivity contribution in [2.24, 2.45) is 0 Å². The van der Waals surface area contributed by atoms with Crippen molar-refractivity contribution in [2.75, 3.05) is 11.4 Å². The molecule has 0 spiro atoms. The molecular weight excluding hydrogens is 262 g/mol. The Balaban J connectivity index is 2.42. The monoisotopic (exact) mass is 281 g/mol. The standard InChI is InChI=1S/C18H19NO2/c1-3-19(16-11-8-14(2)9-12-16)17-7-5-4-6-15(17)10-13-18(20)21/h4-13H,3H2,1-2H3,(H,20,21). The predicted molar refractivity (Wildman–Crippen MR) is 87.0 cm³/mol. The molecule has 2 aromatic carbocycles. The number of aryl methyl sites for hydroxylation is 1. The van der Waals surface area contributed by atoms with Gasteiger partial charge in [0.2, 0.25) is 0 Å². The van der Waals surface area contributed by atoms with Crippen LogP contribution >= 0.6 is 0 Å². The van der Waals surface area contributed by atoms with Crippen molar-refractivity contribution in [3.05, 3.63) is 65.7 Å². The van der Waals surface area contributed by atoms with Gasteiger partial charge in [0.25, 0.3) is 0 Å². The lowest BCUT2D eigenvalue weighted by atomic mass is 10.1. The summed E-state index contributed by atoms with van der Waals surface area (Å²) in [6, 6.07) is 16.1. The maximum absolute atomic E-state index is 10.7. The van der Waals surface area contributed by atoms with Gasteiger partial charge in [-0.25, -0.2) is 4.79 Å². The van der Waals surface area contributed by atoms with E-state index in [2.05, 4.69) is 43.0 Å². The molecule has 0 radical (unpaired) electrons. The summed E-state index contributed by atoms with van der Waals surface area (Å²) in [5.74, 6) is -0.941. The minimum atomic E-state index is -0.941. The summed E-state index contributed by atoms with van der Waals surface area (Å²) >= 11 is 0. The van der Waals surface area contributed by atoms with Crippen LogP contribution < -0.4 is 4.90 Å². The summed E-state index contributed by atoms with van der Waals surface area (Å²) in [4.78, 5) is 12.9. The van der Waals surface area contributed by atoms with E-state index in [9.17, 15) is 4.79 Å². The van der Waals surface area contributed by atoms with Gasteiger partial charge in [-0.1, -0.05) is 35.9 Å². The number of carboxylic acid groups (broad SMARTS) is 1. The number of rotatable bonds is 5. The molecule has 21 heavy (non-hydrogen) atoms. The van der Waals surface area contributed by atoms with Gasteiger partial charge in [-0.15, -0.1) is 0 Å². The fraction of sp³-hybridized carbons (Fsp3) is 0.167. The molecule has 0 unspecified atom stereocenters. The van der Waals surface area contributed by atoms with Gasteiger partial charge in [0, 0.05) is 24.0 Å². The van der Waals surface area contributed by atoms with Crippen molar-refractivity contribution in [3.63, 3.8) is 0 Å². The van der Waals surface area contributed by atoms with E-state index in [4.69, 9.17) is 5.11 Å². The molecule has 0 aliphatic heterocycles. The second-order valence-electron chi connectivity index (χ2n) is 4.81. The predicted octanol–water partition coefficient (Wildman–Crippen LogP) is 4.25. The number of nitrogens with zero attached hydrogens (tertiary/aromatic N) is 1. The van der Waals surface area contributed by atoms with Gasteiger partial charge in [0.05, 0.1) is 0 Å². The second kappa shape index (κ2) is 6.75. The first-order valence-corrected chi connectivity index (χ1v) is 6.96. The van der Waals surface area contributed by atoms with E-state index in [0.717, 1.165) is 23.5 Å². The largest absolute Gasteiger partial charge is 0.478 e. The number of hydrogen-bond acceptors (Lipinski definition) is 2. The summed E-state index contributed by atoms with van der Waals surface area (Å²) < 4.78 is 0. The lowest BCUT2D eigenvalue weighted by Gasteiger charge is -2.25. The van der Waals surface area contributed by atoms with Crippen molar-refractivity contribution in [3.8, 4) is 0 Å². The van der Waals surface area contributed by atoms with Gasteiger partial charge in [-0.2, -0.15) is 0 Å². The maximum atomic E-state index is 10.7. The van der Waals surface area contributed by atoms with Gasteiger partial charge >= 0.3 is 5.97 Å². The second-order valence-corrected chi connectivity index (χ2v) is 4.81. The SMILES string of the molecule is CCN(c1ccc(C)cc1)c1ccccc1C=CC(=O)O. The van der Waals surface area contributed by atoms with Crippen LogP contribution in [0.25, 0.3) is 6.08 Å². The van der Waals surface area contributed by atoms with Crippen LogP contribution in [0.4, 0.5) is 11.4 Å². The number of carbonyl (C=O) groups is 1. The molecule has 0 aromatic heterocycles. The van der Waals surface area contributed by atoms with Crippen molar-refractivity contribution in [1.29, 1.82) is 0 Å². The van der Waals surface area contributed by atoms with Crippen LogP contribution in [0.15, 0.2) is 54.6 Å². The molecule has 3 heteroatoms. The van der Waals surface area contributed by atoms with Crippen molar-refractivity contribution < 1.29 is 9.90 Å². The van der Waals surface area contributed by atoms with Gasteiger partial charge < -0.3 is 10.0 Å². The Morgan fingerprint density at radius 3 is 2.43 bits per heavy atom. The fourth-order valence-electron chi connectivity index (χ4n) is 2.25. The smallest absolute Gasteiger partial charge is 0.328 e. The summed E-state index contributed by atoms with van der Waals surface area (Å²) in [6.45, 7) is 4.95. The zero-order valence-electron chi connectivity index (χ0n) is 12.3. The number of aliphatic carboxylic acids is 1. The molecule has 2 rings (SSSR count). The summed E-state index contributed by atoms with van der Waals surface area (Å²) in [5.41, 5.74) is 4.21. The highest BCUT2D eigenvalue weighted by Gasteiger charge is 2.10. The van der Waals surface area contributed by atoms with Gasteiger partial charge in [-0.05, 0) is 43.7 Å². The third-order valence-electron chi connectivity index (χ3n) is 3.29. The number of carboxylic acids is 1. The van der Waals surface area contributed by atoms with E-state index in [1.807, 2.05) is 24.3 Å². The molecule has 1 N–H and O–H groups in total. The number of para-hydroxylation sites is 1. The van der Waals surface area contributed by atoms with Crippen molar-refractivity contribution >= 4 is 23.4 Å². The number of benzene rings is 2. The Hall–Kier alpha value is -2.55.